The van der Waals surface area contributed by atoms with E-state index in [4.69, 9.17) is 4.42 Å². The van der Waals surface area contributed by atoms with Crippen molar-refractivity contribution in [3.05, 3.63) is 76.4 Å². The molecule has 0 unspecified atom stereocenters. The maximum atomic E-state index is 12.7. The normalized spacial score (nSPS) is 17.0. The Morgan fingerprint density at radius 2 is 1.81 bits per heavy atom. The van der Waals surface area contributed by atoms with Gasteiger partial charge in [0.25, 0.3) is 0 Å². The van der Waals surface area contributed by atoms with Gasteiger partial charge in [-0.05, 0) is 23.8 Å². The number of hydrogen-bond acceptors (Lipinski definition) is 4. The molecular weight excluding hydrogens is 328 g/mol. The predicted octanol–water partition coefficient (Wildman–Crippen LogP) is 3.48. The van der Waals surface area contributed by atoms with Crippen molar-refractivity contribution in [3.63, 3.8) is 0 Å². The van der Waals surface area contributed by atoms with Gasteiger partial charge in [-0.3, -0.25) is 9.36 Å². The molecular formula is C21H20N2O3. The molecule has 0 atom stereocenters. The molecule has 0 saturated heterocycles. The lowest BCUT2D eigenvalue weighted by Crippen LogP contribution is -2.26. The summed E-state index contributed by atoms with van der Waals surface area (Å²) in [4.78, 5) is 26.9. The van der Waals surface area contributed by atoms with Crippen LogP contribution in [0.25, 0.3) is 11.1 Å². The van der Waals surface area contributed by atoms with E-state index >= 15 is 0 Å². The van der Waals surface area contributed by atoms with Gasteiger partial charge in [-0.25, -0.2) is 4.79 Å². The number of allylic oxidation sites excluding steroid dienone is 2. The first-order valence-electron chi connectivity index (χ1n) is 8.56. The number of rotatable bonds is 3. The number of para-hydroxylation sites is 3. The lowest BCUT2D eigenvalue weighted by Gasteiger charge is -2.23. The van der Waals surface area contributed by atoms with Crippen LogP contribution < -0.4 is 10.7 Å². The molecule has 1 aliphatic heterocycles. The zero-order valence-corrected chi connectivity index (χ0v) is 15.0. The number of hydrogen-bond donors (Lipinski definition) is 0. The van der Waals surface area contributed by atoms with Crippen molar-refractivity contribution >= 4 is 22.6 Å². The van der Waals surface area contributed by atoms with Crippen LogP contribution in [0.1, 0.15) is 19.4 Å². The molecule has 0 fully saturated rings. The molecule has 1 aliphatic rings. The van der Waals surface area contributed by atoms with Gasteiger partial charge in [0.05, 0.1) is 12.1 Å². The predicted molar refractivity (Wildman–Crippen MR) is 101 cm³/mol. The maximum absolute atomic E-state index is 12.7. The molecule has 0 amide bonds. The first-order valence-corrected chi connectivity index (χ1v) is 8.56. The third-order valence-corrected chi connectivity index (χ3v) is 5.13. The number of ketones is 1. The minimum Gasteiger partial charge on any atom is -0.408 e. The molecule has 5 heteroatoms. The van der Waals surface area contributed by atoms with Crippen LogP contribution in [0, 0.1) is 0 Å². The second-order valence-corrected chi connectivity index (χ2v) is 7.12. The summed E-state index contributed by atoms with van der Waals surface area (Å²) in [5.41, 5.74) is 4.06. The Bertz CT molecular complexity index is 1100. The summed E-state index contributed by atoms with van der Waals surface area (Å²) in [6, 6.07) is 15.3. The maximum Gasteiger partial charge on any atom is 0.420 e. The molecule has 2 heterocycles. The van der Waals surface area contributed by atoms with E-state index in [0.29, 0.717) is 11.1 Å². The van der Waals surface area contributed by atoms with Gasteiger partial charge in [0.15, 0.2) is 11.4 Å². The number of benzene rings is 2. The summed E-state index contributed by atoms with van der Waals surface area (Å²) < 4.78 is 6.59. The highest BCUT2D eigenvalue weighted by molar-refractivity contribution is 5.93. The summed E-state index contributed by atoms with van der Waals surface area (Å²) in [7, 11) is 1.96. The van der Waals surface area contributed by atoms with E-state index in [9.17, 15) is 9.59 Å². The van der Waals surface area contributed by atoms with Crippen LogP contribution in [-0.4, -0.2) is 17.4 Å². The van der Waals surface area contributed by atoms with Crippen LogP contribution in [-0.2, 0) is 16.8 Å². The van der Waals surface area contributed by atoms with Gasteiger partial charge < -0.3 is 9.32 Å². The minimum absolute atomic E-state index is 0.0421. The van der Waals surface area contributed by atoms with E-state index < -0.39 is 5.76 Å². The molecule has 0 saturated carbocycles. The highest BCUT2D eigenvalue weighted by Gasteiger charge is 2.38. The molecule has 4 rings (SSSR count). The Morgan fingerprint density at radius 1 is 1.12 bits per heavy atom. The molecule has 0 N–H and O–H groups in total. The van der Waals surface area contributed by atoms with Crippen molar-refractivity contribution in [2.75, 3.05) is 11.9 Å². The fourth-order valence-corrected chi connectivity index (χ4v) is 3.78. The minimum atomic E-state index is -0.514. The number of aromatic nitrogens is 1. The van der Waals surface area contributed by atoms with Gasteiger partial charge in [-0.1, -0.05) is 44.2 Å². The van der Waals surface area contributed by atoms with Gasteiger partial charge in [0.2, 0.25) is 0 Å². The van der Waals surface area contributed by atoms with E-state index in [-0.39, 0.29) is 17.7 Å². The number of carbonyl (C=O) groups is 1. The van der Waals surface area contributed by atoms with E-state index in [2.05, 4.69) is 26.0 Å². The van der Waals surface area contributed by atoms with Crippen molar-refractivity contribution < 1.29 is 9.21 Å². The van der Waals surface area contributed by atoms with Crippen LogP contribution in [0.5, 0.6) is 0 Å². The van der Waals surface area contributed by atoms with Gasteiger partial charge >= 0.3 is 5.76 Å². The lowest BCUT2D eigenvalue weighted by molar-refractivity contribution is -0.115. The average Bonchev–Trinajstić information content (AvgIpc) is 3.03. The summed E-state index contributed by atoms with van der Waals surface area (Å²) >= 11 is 0. The highest BCUT2D eigenvalue weighted by atomic mass is 16.4. The van der Waals surface area contributed by atoms with Crippen LogP contribution in [0.15, 0.2) is 69.5 Å². The topological polar surface area (TPSA) is 55.5 Å². The highest BCUT2D eigenvalue weighted by Crippen LogP contribution is 2.46. The quantitative estimate of drug-likeness (QED) is 0.680. The molecule has 0 radical (unpaired) electrons. The molecule has 2 aromatic carbocycles. The first kappa shape index (κ1) is 16.4. The second-order valence-electron chi connectivity index (χ2n) is 7.12. The average molecular weight is 348 g/mol. The third kappa shape index (κ3) is 2.39. The number of nitrogens with zero attached hydrogens (tertiary/aromatic N) is 2. The number of oxazole rings is 1. The van der Waals surface area contributed by atoms with E-state index in [1.165, 1.54) is 10.1 Å². The van der Waals surface area contributed by atoms with Gasteiger partial charge in [0.1, 0.15) is 0 Å². The van der Waals surface area contributed by atoms with E-state index in [1.807, 2.05) is 30.1 Å². The van der Waals surface area contributed by atoms with Crippen molar-refractivity contribution in [1.29, 1.82) is 0 Å². The largest absolute Gasteiger partial charge is 0.420 e. The Labute approximate surface area is 151 Å². The summed E-state index contributed by atoms with van der Waals surface area (Å²) in [5.74, 6) is -0.651. The molecule has 0 aliphatic carbocycles. The Hall–Kier alpha value is -3.08. The Morgan fingerprint density at radius 3 is 2.58 bits per heavy atom. The smallest absolute Gasteiger partial charge is 0.408 e. The molecule has 1 aromatic heterocycles. The molecule has 26 heavy (non-hydrogen) atoms. The van der Waals surface area contributed by atoms with Crippen LogP contribution in [0.3, 0.4) is 0 Å². The monoisotopic (exact) mass is 348 g/mol. The number of fused-ring (bicyclic) bond motifs is 2. The first-order chi connectivity index (χ1) is 12.4. The molecule has 0 bridgehead atoms. The van der Waals surface area contributed by atoms with Gasteiger partial charge in [-0.2, -0.15) is 0 Å². The van der Waals surface area contributed by atoms with Crippen molar-refractivity contribution in [1.82, 2.24) is 4.57 Å². The second kappa shape index (κ2) is 5.73. The van der Waals surface area contributed by atoms with E-state index in [1.54, 1.807) is 24.3 Å². The van der Waals surface area contributed by atoms with Crippen LogP contribution >= 0.6 is 0 Å². The van der Waals surface area contributed by atoms with Gasteiger partial charge in [-0.15, -0.1) is 0 Å². The van der Waals surface area contributed by atoms with Crippen molar-refractivity contribution in [2.24, 2.45) is 0 Å². The van der Waals surface area contributed by atoms with Crippen molar-refractivity contribution in [2.45, 2.75) is 25.8 Å². The van der Waals surface area contributed by atoms with Gasteiger partial charge in [0, 0.05) is 29.9 Å². The number of anilines is 1. The summed E-state index contributed by atoms with van der Waals surface area (Å²) in [6.07, 6.45) is 1.65. The summed E-state index contributed by atoms with van der Waals surface area (Å²) in [6.45, 7) is 4.17. The fraction of sp³-hybridized carbons (Fsp3) is 0.238. The van der Waals surface area contributed by atoms with E-state index in [0.717, 1.165) is 11.4 Å². The number of likely N-dealkylation sites (N-methyl/N-ethyl adjacent to an activating group) is 1. The Kier molecular flexibility index (Phi) is 3.61. The third-order valence-electron chi connectivity index (χ3n) is 5.13. The zero-order valence-electron chi connectivity index (χ0n) is 15.0. The molecule has 132 valence electrons. The Balaban J connectivity index is 1.70. The standard InChI is InChI=1S/C21H20N2O3/c1-21(2)15-8-4-5-9-16(15)22(3)19(21)12-14(24)13-23-17-10-6-7-11-18(17)26-20(23)25/h4-12H,13H2,1-3H3/b19-12+. The zero-order chi connectivity index (χ0) is 18.5. The lowest BCUT2D eigenvalue weighted by atomic mass is 9.83. The molecule has 0 spiro atoms. The van der Waals surface area contributed by atoms with Crippen LogP contribution in [0.2, 0.25) is 0 Å². The van der Waals surface area contributed by atoms with Crippen LogP contribution in [0.4, 0.5) is 5.69 Å². The van der Waals surface area contributed by atoms with Crippen molar-refractivity contribution in [3.8, 4) is 0 Å². The SMILES string of the molecule is CN1/C(=C/C(=O)Cn2c(=O)oc3ccccc32)C(C)(C)c2ccccc21. The molecule has 3 aromatic rings. The summed E-state index contributed by atoms with van der Waals surface area (Å²) in [5, 5.41) is 0. The molecule has 5 nitrogen and oxygen atoms in total. The number of carbonyl (C=O) groups excluding carboxylic acids is 1. The fourth-order valence-electron chi connectivity index (χ4n) is 3.78.